The van der Waals surface area contributed by atoms with Gasteiger partial charge in [-0.1, -0.05) is 205 Å². The molecule has 0 aliphatic carbocycles. The fourth-order valence-electron chi connectivity index (χ4n) is 16.6. The van der Waals surface area contributed by atoms with Crippen LogP contribution in [-0.4, -0.2) is 49.8 Å². The average molecular weight is 1640 g/mol. The summed E-state index contributed by atoms with van der Waals surface area (Å²) in [5, 5.41) is 4.67. The molecule has 0 amide bonds. The Kier molecular flexibility index (Phi) is 26.6. The number of benzene rings is 8. The number of aryl methyl sites for hydroxylation is 11. The third-order valence-corrected chi connectivity index (χ3v) is 23.7. The van der Waals surface area contributed by atoms with E-state index in [4.69, 9.17) is 44.9 Å². The Hall–Kier alpha value is -12.4. The molecule has 8 aromatic carbocycles. The predicted octanol–water partition coefficient (Wildman–Crippen LogP) is 24.3. The molecule has 14 heteroatoms. The molecule has 0 N–H and O–H groups in total. The predicted molar refractivity (Wildman–Crippen MR) is 512 cm³/mol. The summed E-state index contributed by atoms with van der Waals surface area (Å²) < 4.78 is 9.15. The molecule has 8 heterocycles. The van der Waals surface area contributed by atoms with Crippen molar-refractivity contribution in [1.82, 2.24) is 49.8 Å². The highest BCUT2D eigenvalue weighted by Gasteiger charge is 2.32. The van der Waals surface area contributed by atoms with Gasteiger partial charge < -0.3 is 0 Å². The number of rotatable bonds is 14. The Morgan fingerprint density at radius 3 is 1.04 bits per heavy atom. The van der Waals surface area contributed by atoms with Crippen LogP contribution in [-0.2, 0) is 51.9 Å². The molecule has 0 saturated heterocycles. The maximum Gasteiger partial charge on any atom is 0.222 e. The lowest BCUT2D eigenvalue weighted by molar-refractivity contribution is -0.633. The van der Waals surface area contributed by atoms with E-state index >= 15 is 0 Å². The zero-order valence-electron chi connectivity index (χ0n) is 78.6. The molecule has 16 rings (SSSR count). The van der Waals surface area contributed by atoms with E-state index < -0.39 is 0 Å². The van der Waals surface area contributed by atoms with Crippen molar-refractivity contribution in [3.8, 4) is 90.5 Å². The molecule has 0 bridgehead atoms. The minimum Gasteiger partial charge on any atom is -0.256 e. The Bertz CT molecular complexity index is 6610. The van der Waals surface area contributed by atoms with Crippen LogP contribution in [0.4, 0.5) is 0 Å². The fourth-order valence-corrected chi connectivity index (χ4v) is 16.6. The maximum absolute atomic E-state index is 5.03. The van der Waals surface area contributed by atoms with Crippen molar-refractivity contribution in [1.29, 1.82) is 0 Å². The first-order valence-electron chi connectivity index (χ1n) is 44.0. The van der Waals surface area contributed by atoms with Crippen LogP contribution in [0.2, 0.25) is 0 Å². The second-order valence-electron chi connectivity index (χ2n) is 37.6. The molecule has 0 spiro atoms. The van der Waals surface area contributed by atoms with Crippen molar-refractivity contribution >= 4 is 43.6 Å². The number of para-hydroxylation sites is 4. The number of hydrogen-bond acceptors (Lipinski definition) is 10. The molecule has 8 aromatic heterocycles. The second kappa shape index (κ2) is 36.9. The molecule has 632 valence electrons. The summed E-state index contributed by atoms with van der Waals surface area (Å²) in [6.45, 7) is 52.2. The van der Waals surface area contributed by atoms with Gasteiger partial charge in [-0.15, -0.1) is 0 Å². The highest BCUT2D eigenvalue weighted by Crippen LogP contribution is 2.40. The smallest absolute Gasteiger partial charge is 0.222 e. The molecular weight excluding hydrogens is 1520 g/mol. The molecule has 0 atom stereocenters. The van der Waals surface area contributed by atoms with Gasteiger partial charge >= 0.3 is 0 Å². The standard InChI is InChI=1S/2C30H37N4.C28H33N4.C22H19N2/c1-18-15-19(2)20(3)22(16-18)25-17-23(21-13-11-12-14-24(21)34(25)10)26-31-27(29(4,5)6)33-28(32-26)30(7,8)9;1-18(2)13-28-31-29(14-19(3)4)33-30(32-28)25-17-27(24-16-20(5)15-21(6)22(24)7)34(8)26-12-10-9-11-23(25)26;1-16(2)26-29-27(17(3)4)31-28(30-26)23-15-25(22-14-18(5)13-19(6)20(22)7)32(8)24-12-10-9-11-21(23)24;1-16-9-3-5-11-18(16)22-19(20-12-7-8-14-23-20)15-17-10-4-6-13-21(17)24(22)2/h11-17H,1-10H3;9-12,15-19H,13-14H2,1-8H3;9-17H,1-8H3;3-15H,1-2H3/q4*+1. The summed E-state index contributed by atoms with van der Waals surface area (Å²) in [6.07, 6.45) is 3.55. The molecule has 0 radical (unpaired) electrons. The highest BCUT2D eigenvalue weighted by molar-refractivity contribution is 5.96. The van der Waals surface area contributed by atoms with Crippen LogP contribution in [0, 0.1) is 81.1 Å². The van der Waals surface area contributed by atoms with Crippen LogP contribution in [0.5, 0.6) is 0 Å². The molecular formula is C110H126N14+4. The first-order chi connectivity index (χ1) is 58.8. The summed E-state index contributed by atoms with van der Waals surface area (Å²) in [7, 11) is 8.58. The van der Waals surface area contributed by atoms with Gasteiger partial charge in [-0.3, -0.25) is 4.98 Å². The van der Waals surface area contributed by atoms with E-state index in [0.717, 1.165) is 126 Å². The van der Waals surface area contributed by atoms with E-state index in [1.54, 1.807) is 0 Å². The number of aromatic nitrogens is 14. The van der Waals surface area contributed by atoms with Gasteiger partial charge in [0.2, 0.25) is 44.8 Å². The normalized spacial score (nSPS) is 11.7. The quantitative estimate of drug-likeness (QED) is 0.0965. The van der Waals surface area contributed by atoms with E-state index in [9.17, 15) is 0 Å². The summed E-state index contributed by atoms with van der Waals surface area (Å²) in [4.78, 5) is 49.0. The SMILES string of the molecule is Cc1cc(C)c(C)c(-c2cc(-c3nc(C(C)(C)C)nc(C(C)(C)C)n3)c3ccccc3[n+]2C)c1.Cc1cc(C)c(C)c(-c2cc(-c3nc(C(C)C)nc(C(C)C)n3)c3ccccc3[n+]2C)c1.Cc1cc(C)c(C)c(-c2cc(-c3nc(CC(C)C)nc(CC(C)C)n3)c3ccccc3[n+]2C)c1.Cc1ccccc1-c1c(-c2ccccn2)cc2ccccc2[n+]1C. The number of hydrogen-bond donors (Lipinski definition) is 0. The Morgan fingerprint density at radius 1 is 0.298 bits per heavy atom. The third-order valence-electron chi connectivity index (χ3n) is 23.7. The third kappa shape index (κ3) is 19.3. The zero-order chi connectivity index (χ0) is 89.2. The van der Waals surface area contributed by atoms with E-state index in [2.05, 4.69) is 406 Å². The lowest BCUT2D eigenvalue weighted by Gasteiger charge is -2.23. The molecule has 14 nitrogen and oxygen atoms in total. The van der Waals surface area contributed by atoms with Gasteiger partial charge in [0.05, 0.1) is 27.4 Å². The molecule has 0 fully saturated rings. The van der Waals surface area contributed by atoms with Gasteiger partial charge in [0.1, 0.15) is 63.1 Å². The van der Waals surface area contributed by atoms with E-state index in [0.29, 0.717) is 11.8 Å². The van der Waals surface area contributed by atoms with E-state index in [1.807, 2.05) is 18.3 Å². The minimum absolute atomic E-state index is 0.181. The second-order valence-corrected chi connectivity index (χ2v) is 37.6. The molecule has 0 unspecified atom stereocenters. The minimum atomic E-state index is -0.181. The highest BCUT2D eigenvalue weighted by atomic mass is 15.1. The average Bonchev–Trinajstić information content (AvgIpc) is 0.764. The van der Waals surface area contributed by atoms with Gasteiger partial charge in [-0.25, -0.2) is 44.9 Å². The number of nitrogens with zero attached hydrogens (tertiary/aromatic N) is 14. The summed E-state index contributed by atoms with van der Waals surface area (Å²) in [6, 6.07) is 71.3. The van der Waals surface area contributed by atoms with Crippen LogP contribution in [0.15, 0.2) is 206 Å². The van der Waals surface area contributed by atoms with Gasteiger partial charge in [0, 0.05) is 128 Å². The van der Waals surface area contributed by atoms with Crippen molar-refractivity contribution in [2.45, 2.75) is 202 Å². The Labute approximate surface area is 736 Å². The van der Waals surface area contributed by atoms with Crippen LogP contribution in [0.1, 0.15) is 199 Å². The molecule has 0 aliphatic heterocycles. The van der Waals surface area contributed by atoms with Crippen LogP contribution in [0.25, 0.3) is 134 Å². The lowest BCUT2D eigenvalue weighted by Crippen LogP contribution is -2.33. The zero-order valence-corrected chi connectivity index (χ0v) is 78.6. The van der Waals surface area contributed by atoms with Crippen molar-refractivity contribution in [2.75, 3.05) is 0 Å². The van der Waals surface area contributed by atoms with E-state index in [-0.39, 0.29) is 22.7 Å². The fraction of sp³-hybridized carbons (Fsp3) is 0.327. The lowest BCUT2D eigenvalue weighted by atomic mass is 9.92. The summed E-state index contributed by atoms with van der Waals surface area (Å²) in [5.74, 6) is 8.84. The van der Waals surface area contributed by atoms with Gasteiger partial charge in [-0.2, -0.15) is 18.3 Å². The Balaban J connectivity index is 0.000000143. The van der Waals surface area contributed by atoms with Gasteiger partial charge in [-0.05, 0) is 187 Å². The van der Waals surface area contributed by atoms with Crippen molar-refractivity contribution in [3.63, 3.8) is 0 Å². The maximum atomic E-state index is 5.03. The monoisotopic (exact) mass is 1640 g/mol. The van der Waals surface area contributed by atoms with Crippen molar-refractivity contribution in [3.05, 3.63) is 297 Å². The summed E-state index contributed by atoms with van der Waals surface area (Å²) >= 11 is 0. The van der Waals surface area contributed by atoms with Crippen molar-refractivity contribution < 1.29 is 18.3 Å². The van der Waals surface area contributed by atoms with Crippen LogP contribution >= 0.6 is 0 Å². The van der Waals surface area contributed by atoms with Crippen LogP contribution in [0.3, 0.4) is 0 Å². The number of fused-ring (bicyclic) bond motifs is 4. The van der Waals surface area contributed by atoms with E-state index in [1.165, 1.54) is 111 Å². The van der Waals surface area contributed by atoms with Gasteiger partial charge in [0.25, 0.3) is 0 Å². The van der Waals surface area contributed by atoms with Crippen LogP contribution < -0.4 is 18.3 Å². The van der Waals surface area contributed by atoms with Crippen molar-refractivity contribution in [2.24, 2.45) is 40.0 Å². The Morgan fingerprint density at radius 2 is 0.661 bits per heavy atom. The first-order valence-corrected chi connectivity index (χ1v) is 44.0. The topological polar surface area (TPSA) is 144 Å². The molecule has 16 aromatic rings. The summed E-state index contributed by atoms with van der Waals surface area (Å²) in [5.41, 5.74) is 32.2. The van der Waals surface area contributed by atoms with Gasteiger partial charge in [0.15, 0.2) is 17.5 Å². The molecule has 0 saturated carbocycles. The largest absolute Gasteiger partial charge is 0.256 e. The molecule has 124 heavy (non-hydrogen) atoms. The first kappa shape index (κ1) is 89.3. The number of pyridine rings is 5. The molecule has 0 aliphatic rings.